The number of aryl methyl sites for hydroxylation is 4. The summed E-state index contributed by atoms with van der Waals surface area (Å²) in [7, 11) is 1.39. The van der Waals surface area contributed by atoms with Gasteiger partial charge in [-0.15, -0.1) is 0 Å². The molecular formula is C41H57AlFLiO11. The average Bonchev–Trinajstić information content (AvgIpc) is 3.93. The van der Waals surface area contributed by atoms with Gasteiger partial charge in [0.1, 0.15) is 0 Å². The van der Waals surface area contributed by atoms with Crippen molar-refractivity contribution in [2.75, 3.05) is 34.1 Å². The van der Waals surface area contributed by atoms with Gasteiger partial charge >= 0.3 is 24.8 Å². The summed E-state index contributed by atoms with van der Waals surface area (Å²) in [6, 6.07) is 22.6. The number of rotatable bonds is 10. The summed E-state index contributed by atoms with van der Waals surface area (Å²) in [6.45, 7) is 5.43. The number of ether oxygens (including phenoxy) is 7. The zero-order valence-electron chi connectivity index (χ0n) is 31.9. The number of hydrogen-bond donors (Lipinski definition) is 3. The van der Waals surface area contributed by atoms with Gasteiger partial charge in [0.25, 0.3) is 0 Å². The molecule has 14 heteroatoms. The van der Waals surface area contributed by atoms with E-state index in [1.807, 2.05) is 48.5 Å². The number of halogens is 1. The molecule has 0 spiro atoms. The molecule has 0 unspecified atom stereocenters. The molecule has 3 N–H and O–H groups in total. The van der Waals surface area contributed by atoms with E-state index < -0.39 is 0 Å². The molecule has 4 aromatic rings. The predicted octanol–water partition coefficient (Wildman–Crippen LogP) is 4.00. The summed E-state index contributed by atoms with van der Waals surface area (Å²) >= 11 is 0. The zero-order valence-corrected chi connectivity index (χ0v) is 30.9. The minimum absolute atomic E-state index is 0. The smallest absolute Gasteiger partial charge is 1.00 e. The van der Waals surface area contributed by atoms with Crippen molar-refractivity contribution in [3.8, 4) is 46.0 Å². The number of benzene rings is 4. The van der Waals surface area contributed by atoms with Gasteiger partial charge in [0.15, 0.2) is 63.4 Å². The molecular weight excluding hydrogens is 721 g/mol. The zero-order chi connectivity index (χ0) is 36.4. The minimum Gasteiger partial charge on any atom is -1.00 e. The number of esters is 1. The van der Waals surface area contributed by atoms with Crippen molar-refractivity contribution in [2.24, 2.45) is 0 Å². The van der Waals surface area contributed by atoms with E-state index >= 15 is 0 Å². The fraction of sp³-hybridized carbons (Fsp3) is 0.390. The Kier molecular flexibility index (Phi) is 25.3. The summed E-state index contributed by atoms with van der Waals surface area (Å²) in [4.78, 5) is 10.9. The third kappa shape index (κ3) is 16.6. The molecule has 3 aliphatic heterocycles. The molecule has 3 heterocycles. The fourth-order valence-electron chi connectivity index (χ4n) is 5.22. The van der Waals surface area contributed by atoms with Gasteiger partial charge in [-0.1, -0.05) is 58.4 Å². The number of phenolic OH excluding ortho intramolecular Hbond substituents is 2. The van der Waals surface area contributed by atoms with Crippen LogP contribution in [0.15, 0.2) is 72.8 Å². The van der Waals surface area contributed by atoms with E-state index in [9.17, 15) is 4.79 Å². The molecule has 0 fully saturated rings. The van der Waals surface area contributed by atoms with Gasteiger partial charge in [-0.05, 0) is 103 Å². The molecule has 7 rings (SSSR count). The summed E-state index contributed by atoms with van der Waals surface area (Å²) in [5.74, 6) is 4.61. The molecule has 0 aromatic heterocycles. The molecule has 0 atom stereocenters. The van der Waals surface area contributed by atoms with Crippen LogP contribution in [0.5, 0.6) is 46.0 Å². The fourth-order valence-corrected chi connectivity index (χ4v) is 5.22. The Hall–Kier alpha value is -4.23. The van der Waals surface area contributed by atoms with Crippen molar-refractivity contribution in [2.45, 2.75) is 72.6 Å². The van der Waals surface area contributed by atoms with E-state index in [0.717, 1.165) is 77.7 Å². The normalized spacial score (nSPS) is 11.5. The third-order valence-corrected chi connectivity index (χ3v) is 7.90. The van der Waals surface area contributed by atoms with Crippen LogP contribution in [0, 0.1) is 0 Å². The summed E-state index contributed by atoms with van der Waals surface area (Å²) in [5, 5.41) is 26.7. The average molecular weight is 779 g/mol. The Labute approximate surface area is 348 Å². The van der Waals surface area contributed by atoms with Gasteiger partial charge in [-0.2, -0.15) is 0 Å². The largest absolute Gasteiger partial charge is 1.00 e. The van der Waals surface area contributed by atoms with Gasteiger partial charge < -0.3 is 49.9 Å². The molecule has 0 amide bonds. The molecule has 0 saturated carbocycles. The van der Waals surface area contributed by atoms with Crippen LogP contribution < -0.4 is 47.3 Å². The van der Waals surface area contributed by atoms with Crippen LogP contribution in [0.3, 0.4) is 0 Å². The van der Waals surface area contributed by atoms with Gasteiger partial charge in [0, 0.05) is 13.0 Å². The number of aliphatic hydroxyl groups excluding tert-OH is 1. The number of hydrogen-bond acceptors (Lipinski definition) is 11. The number of carbonyl (C=O) groups is 1. The molecule has 11 nitrogen and oxygen atoms in total. The van der Waals surface area contributed by atoms with E-state index in [1.54, 1.807) is 6.07 Å². The SMILES string of the molecule is C.CCCc1ccc(O)c(O)c1.CCCc1ccc2c(c1)OCO2.COC(=O)CCc1ccc2c(c1)OCO2.F.OCCCc1ccc2c(c1)OCO2.[AlH3].[H-].[Li+]. The molecule has 298 valence electrons. The van der Waals surface area contributed by atoms with Crippen molar-refractivity contribution < 1.29 is 78.3 Å². The van der Waals surface area contributed by atoms with Crippen molar-refractivity contribution in [3.05, 3.63) is 95.1 Å². The molecule has 0 saturated heterocycles. The number of aliphatic hydroxyl groups is 1. The first-order valence-electron chi connectivity index (χ1n) is 17.2. The number of aromatic hydroxyl groups is 2. The Morgan fingerprint density at radius 3 is 1.40 bits per heavy atom. The second kappa shape index (κ2) is 27.4. The van der Waals surface area contributed by atoms with E-state index in [0.29, 0.717) is 26.4 Å². The van der Waals surface area contributed by atoms with Gasteiger partial charge in [-0.3, -0.25) is 9.50 Å². The molecule has 55 heavy (non-hydrogen) atoms. The topological polar surface area (TPSA) is 142 Å². The quantitative estimate of drug-likeness (QED) is 0.122. The van der Waals surface area contributed by atoms with Crippen LogP contribution in [0.1, 0.15) is 70.6 Å². The maximum Gasteiger partial charge on any atom is 1.00 e. The van der Waals surface area contributed by atoms with Gasteiger partial charge in [0.05, 0.1) is 7.11 Å². The van der Waals surface area contributed by atoms with Gasteiger partial charge in [0.2, 0.25) is 20.4 Å². The Morgan fingerprint density at radius 2 is 1.00 bits per heavy atom. The van der Waals surface area contributed by atoms with E-state index in [-0.39, 0.29) is 80.6 Å². The van der Waals surface area contributed by atoms with E-state index in [4.69, 9.17) is 43.7 Å². The van der Waals surface area contributed by atoms with Crippen LogP contribution in [0.4, 0.5) is 4.70 Å². The third-order valence-electron chi connectivity index (χ3n) is 7.90. The van der Waals surface area contributed by atoms with Crippen LogP contribution in [0.2, 0.25) is 0 Å². The predicted molar refractivity (Wildman–Crippen MR) is 211 cm³/mol. The molecule has 0 bridgehead atoms. The number of phenols is 2. The maximum atomic E-state index is 10.9. The Bertz CT molecular complexity index is 1720. The van der Waals surface area contributed by atoms with Crippen molar-refractivity contribution in [1.29, 1.82) is 0 Å². The van der Waals surface area contributed by atoms with E-state index in [2.05, 4.69) is 30.7 Å². The van der Waals surface area contributed by atoms with Crippen LogP contribution in [-0.4, -0.2) is 72.7 Å². The van der Waals surface area contributed by atoms with Gasteiger partial charge in [-0.25, -0.2) is 0 Å². The first-order valence-corrected chi connectivity index (χ1v) is 17.2. The van der Waals surface area contributed by atoms with Crippen LogP contribution in [0.25, 0.3) is 0 Å². The summed E-state index contributed by atoms with van der Waals surface area (Å²) in [6.07, 6.45) is 6.97. The van der Waals surface area contributed by atoms with Crippen molar-refractivity contribution in [1.82, 2.24) is 0 Å². The number of methoxy groups -OCH3 is 1. The van der Waals surface area contributed by atoms with E-state index in [1.165, 1.54) is 30.7 Å². The first-order chi connectivity index (χ1) is 24.8. The van der Waals surface area contributed by atoms with Crippen molar-refractivity contribution >= 4 is 23.3 Å². The Balaban J connectivity index is 0. The van der Waals surface area contributed by atoms with Crippen LogP contribution in [-0.2, 0) is 35.2 Å². The second-order valence-corrected chi connectivity index (χ2v) is 11.8. The second-order valence-electron chi connectivity index (χ2n) is 11.8. The van der Waals surface area contributed by atoms with Crippen LogP contribution >= 0.6 is 0 Å². The summed E-state index contributed by atoms with van der Waals surface area (Å²) < 4.78 is 35.9. The van der Waals surface area contributed by atoms with Crippen molar-refractivity contribution in [3.63, 3.8) is 0 Å². The standard InChI is InChI=1S/C11H12O4.C10H12O3.C10H12O2.C9H12O2.CH4.Al.FH.Li.4H/c1-13-11(12)5-3-8-2-4-9-10(6-8)15-7-14-9;11-5-1-2-8-3-4-9-10(6-8)13-7-12-9;1-2-3-8-4-5-9-10(6-8)12-7-11-9;1-2-3-7-4-5-8(10)9(11)6-7;;;;;;;;/h2,4,6H,3,5,7H2,1H3;3-4,6,11H,1-2,5,7H2;4-6H,2-3,7H2,1H3;4-6,10-11H,2-3H2,1H3;1H4;;1H;;;;;/q;;;;;;;+1;;;;-1. The molecule has 0 radical (unpaired) electrons. The number of fused-ring (bicyclic) bond motifs is 3. The molecule has 3 aliphatic rings. The molecule has 4 aromatic carbocycles. The minimum atomic E-state index is -0.201. The number of carbonyl (C=O) groups excluding carboxylic acids is 1. The molecule has 0 aliphatic carbocycles. The first kappa shape index (κ1) is 50.8. The Morgan fingerprint density at radius 1 is 0.618 bits per heavy atom. The summed E-state index contributed by atoms with van der Waals surface area (Å²) in [5.41, 5.74) is 4.60. The monoisotopic (exact) mass is 778 g/mol. The maximum absolute atomic E-state index is 10.9.